The molecule has 0 aliphatic carbocycles. The van der Waals surface area contributed by atoms with E-state index in [2.05, 4.69) is 15.5 Å². The van der Waals surface area contributed by atoms with Crippen LogP contribution in [0.2, 0.25) is 5.02 Å². The van der Waals surface area contributed by atoms with Gasteiger partial charge in [-0.05, 0) is 44.4 Å². The summed E-state index contributed by atoms with van der Waals surface area (Å²) in [5.41, 5.74) is 2.72. The molecular formula is C21H21ClN4O2. The Labute approximate surface area is 168 Å². The zero-order valence-electron chi connectivity index (χ0n) is 15.6. The fourth-order valence-corrected chi connectivity index (χ4v) is 3.57. The molecule has 1 aromatic heterocycles. The Bertz CT molecular complexity index is 971. The molecule has 0 spiro atoms. The van der Waals surface area contributed by atoms with Crippen LogP contribution in [0.1, 0.15) is 36.8 Å². The van der Waals surface area contributed by atoms with Crippen molar-refractivity contribution in [1.82, 2.24) is 15.0 Å². The van der Waals surface area contributed by atoms with Gasteiger partial charge in [0.1, 0.15) is 6.04 Å². The van der Waals surface area contributed by atoms with Crippen LogP contribution in [0, 0.1) is 6.92 Å². The minimum Gasteiger partial charge on any atom is -0.337 e. The van der Waals surface area contributed by atoms with E-state index >= 15 is 0 Å². The number of aromatic nitrogens is 2. The zero-order valence-corrected chi connectivity index (χ0v) is 16.3. The van der Waals surface area contributed by atoms with Crippen LogP contribution < -0.4 is 5.32 Å². The van der Waals surface area contributed by atoms with Crippen molar-refractivity contribution >= 4 is 23.3 Å². The first-order valence-electron chi connectivity index (χ1n) is 9.34. The van der Waals surface area contributed by atoms with E-state index in [1.54, 1.807) is 23.1 Å². The van der Waals surface area contributed by atoms with Crippen molar-refractivity contribution in [3.05, 3.63) is 65.0 Å². The number of hydrogen-bond acceptors (Lipinski definition) is 4. The monoisotopic (exact) mass is 396 g/mol. The van der Waals surface area contributed by atoms with Crippen molar-refractivity contribution < 1.29 is 9.32 Å². The number of likely N-dealkylation sites (tertiary alicyclic amines) is 1. The third-order valence-corrected chi connectivity index (χ3v) is 5.11. The Hall–Kier alpha value is -2.86. The van der Waals surface area contributed by atoms with E-state index in [-0.39, 0.29) is 12.1 Å². The molecule has 1 fully saturated rings. The number of carbonyl (C=O) groups excluding carboxylic acids is 1. The van der Waals surface area contributed by atoms with Crippen molar-refractivity contribution in [3.63, 3.8) is 0 Å². The first-order valence-corrected chi connectivity index (χ1v) is 9.72. The van der Waals surface area contributed by atoms with Crippen LogP contribution in [-0.2, 0) is 0 Å². The Morgan fingerprint density at radius 3 is 2.82 bits per heavy atom. The minimum atomic E-state index is -0.236. The number of amides is 2. The Balaban J connectivity index is 1.54. The van der Waals surface area contributed by atoms with Crippen LogP contribution in [0.5, 0.6) is 0 Å². The van der Waals surface area contributed by atoms with Gasteiger partial charge in [-0.15, -0.1) is 0 Å². The van der Waals surface area contributed by atoms with E-state index in [1.807, 2.05) is 37.3 Å². The van der Waals surface area contributed by atoms with Crippen LogP contribution in [0.25, 0.3) is 11.4 Å². The average Bonchev–Trinajstić information content (AvgIpc) is 3.18. The van der Waals surface area contributed by atoms with Crippen molar-refractivity contribution in [3.8, 4) is 11.4 Å². The van der Waals surface area contributed by atoms with Crippen LogP contribution >= 0.6 is 11.6 Å². The summed E-state index contributed by atoms with van der Waals surface area (Å²) < 4.78 is 5.53. The Kier molecular flexibility index (Phi) is 5.30. The highest BCUT2D eigenvalue weighted by Crippen LogP contribution is 2.32. The number of anilines is 1. The molecule has 2 heterocycles. The van der Waals surface area contributed by atoms with E-state index < -0.39 is 0 Å². The summed E-state index contributed by atoms with van der Waals surface area (Å²) in [4.78, 5) is 19.2. The van der Waals surface area contributed by atoms with Crippen molar-refractivity contribution in [2.24, 2.45) is 0 Å². The van der Waals surface area contributed by atoms with Gasteiger partial charge in [0.2, 0.25) is 11.7 Å². The average molecular weight is 397 g/mol. The summed E-state index contributed by atoms with van der Waals surface area (Å²) in [7, 11) is 0. The molecule has 0 unspecified atom stereocenters. The van der Waals surface area contributed by atoms with Crippen LogP contribution in [0.15, 0.2) is 53.1 Å². The fourth-order valence-electron chi connectivity index (χ4n) is 3.38. The van der Waals surface area contributed by atoms with Gasteiger partial charge < -0.3 is 14.7 Å². The number of benzene rings is 2. The van der Waals surface area contributed by atoms with Gasteiger partial charge in [0.05, 0.1) is 0 Å². The highest BCUT2D eigenvalue weighted by Gasteiger charge is 2.32. The zero-order chi connectivity index (χ0) is 19.5. The van der Waals surface area contributed by atoms with Gasteiger partial charge in [-0.25, -0.2) is 4.79 Å². The normalized spacial score (nSPS) is 16.8. The second kappa shape index (κ2) is 8.02. The van der Waals surface area contributed by atoms with Crippen LogP contribution in [0.4, 0.5) is 10.5 Å². The molecule has 1 saturated heterocycles. The summed E-state index contributed by atoms with van der Waals surface area (Å²) in [6.07, 6.45) is 2.74. The topological polar surface area (TPSA) is 71.3 Å². The van der Waals surface area contributed by atoms with E-state index in [4.69, 9.17) is 16.1 Å². The lowest BCUT2D eigenvalue weighted by molar-refractivity contribution is 0.142. The molecule has 144 valence electrons. The van der Waals surface area contributed by atoms with Crippen molar-refractivity contribution in [2.75, 3.05) is 11.9 Å². The molecule has 28 heavy (non-hydrogen) atoms. The van der Waals surface area contributed by atoms with Crippen molar-refractivity contribution in [2.45, 2.75) is 32.2 Å². The molecule has 0 radical (unpaired) electrons. The maximum absolute atomic E-state index is 12.9. The molecule has 1 N–H and O–H groups in total. The van der Waals surface area contributed by atoms with Crippen LogP contribution in [0.3, 0.4) is 0 Å². The number of aryl methyl sites for hydroxylation is 1. The van der Waals surface area contributed by atoms with Gasteiger partial charge in [-0.2, -0.15) is 4.98 Å². The predicted molar refractivity (Wildman–Crippen MR) is 108 cm³/mol. The highest BCUT2D eigenvalue weighted by molar-refractivity contribution is 6.30. The molecule has 7 heteroatoms. The van der Waals surface area contributed by atoms with E-state index in [0.717, 1.165) is 24.8 Å². The second-order valence-electron chi connectivity index (χ2n) is 6.97. The number of nitrogens with one attached hydrogen (secondary N) is 1. The molecule has 3 aromatic rings. The quantitative estimate of drug-likeness (QED) is 0.638. The molecule has 2 aromatic carbocycles. The van der Waals surface area contributed by atoms with E-state index in [9.17, 15) is 4.79 Å². The summed E-state index contributed by atoms with van der Waals surface area (Å²) in [5.74, 6) is 1.01. The van der Waals surface area contributed by atoms with E-state index in [0.29, 0.717) is 29.0 Å². The van der Waals surface area contributed by atoms with Gasteiger partial charge in [0.25, 0.3) is 0 Å². The molecule has 6 nitrogen and oxygen atoms in total. The van der Waals surface area contributed by atoms with E-state index in [1.165, 1.54) is 5.56 Å². The first-order chi connectivity index (χ1) is 13.6. The Morgan fingerprint density at radius 2 is 2.04 bits per heavy atom. The maximum Gasteiger partial charge on any atom is 0.322 e. The molecule has 2 amide bonds. The van der Waals surface area contributed by atoms with Gasteiger partial charge in [-0.3, -0.25) is 0 Å². The smallest absolute Gasteiger partial charge is 0.322 e. The third kappa shape index (κ3) is 4.02. The number of rotatable bonds is 3. The number of carbonyl (C=O) groups is 1. The first kappa shape index (κ1) is 18.5. The number of halogens is 1. The van der Waals surface area contributed by atoms with Gasteiger partial charge in [0.15, 0.2) is 0 Å². The second-order valence-corrected chi connectivity index (χ2v) is 7.40. The van der Waals surface area contributed by atoms with Gasteiger partial charge in [0, 0.05) is 22.8 Å². The summed E-state index contributed by atoms with van der Waals surface area (Å²) in [6, 6.07) is 14.6. The molecule has 0 saturated carbocycles. The number of hydrogen-bond donors (Lipinski definition) is 1. The fraction of sp³-hybridized carbons (Fsp3) is 0.286. The summed E-state index contributed by atoms with van der Waals surface area (Å²) >= 11 is 6.01. The summed E-state index contributed by atoms with van der Waals surface area (Å²) in [6.45, 7) is 2.67. The lowest BCUT2D eigenvalue weighted by Crippen LogP contribution is -2.41. The largest absolute Gasteiger partial charge is 0.337 e. The number of piperidine rings is 1. The SMILES string of the molecule is Cc1ccc(-c2noc([C@H]3CCCCN3C(=O)Nc3cccc(Cl)c3)n2)cc1. The maximum atomic E-state index is 12.9. The molecule has 1 aliphatic rings. The van der Waals surface area contributed by atoms with Gasteiger partial charge >= 0.3 is 6.03 Å². The molecule has 0 bridgehead atoms. The predicted octanol–water partition coefficient (Wildman–Crippen LogP) is 5.46. The summed E-state index contributed by atoms with van der Waals surface area (Å²) in [5, 5.41) is 7.60. The standard InChI is InChI=1S/C21H21ClN4O2/c1-14-8-10-15(11-9-14)19-24-20(28-25-19)18-7-2-3-12-26(18)21(27)23-17-6-4-5-16(22)13-17/h4-6,8-11,13,18H,2-3,7,12H2,1H3,(H,23,27)/t18-/m1/s1. The number of nitrogens with zero attached hydrogens (tertiary/aromatic N) is 3. The Morgan fingerprint density at radius 1 is 1.21 bits per heavy atom. The molecular weight excluding hydrogens is 376 g/mol. The van der Waals surface area contributed by atoms with Gasteiger partial charge in [-0.1, -0.05) is 52.7 Å². The molecule has 1 atom stereocenters. The van der Waals surface area contributed by atoms with Crippen LogP contribution in [-0.4, -0.2) is 27.6 Å². The lowest BCUT2D eigenvalue weighted by Gasteiger charge is -2.33. The molecule has 1 aliphatic heterocycles. The third-order valence-electron chi connectivity index (χ3n) is 4.88. The lowest BCUT2D eigenvalue weighted by atomic mass is 10.0. The van der Waals surface area contributed by atoms with Crippen molar-refractivity contribution in [1.29, 1.82) is 0 Å². The highest BCUT2D eigenvalue weighted by atomic mass is 35.5. The number of urea groups is 1. The minimum absolute atomic E-state index is 0.193. The molecule has 4 rings (SSSR count).